The largest absolute Gasteiger partial charge is 0.280 e. The van der Waals surface area contributed by atoms with Crippen LogP contribution in [-0.2, 0) is 10.0 Å². The minimum atomic E-state index is -3.95. The van der Waals surface area contributed by atoms with E-state index in [4.69, 9.17) is 23.2 Å². The monoisotopic (exact) mass is 463 g/mol. The van der Waals surface area contributed by atoms with E-state index in [0.717, 1.165) is 0 Å². The van der Waals surface area contributed by atoms with Gasteiger partial charge in [0.1, 0.15) is 0 Å². The minimum absolute atomic E-state index is 0.0420. The van der Waals surface area contributed by atoms with Crippen molar-refractivity contribution in [3.63, 3.8) is 0 Å². The maximum Gasteiger partial charge on any atom is 0.269 e. The Morgan fingerprint density at radius 2 is 1.33 bits per heavy atom. The third-order valence-corrected chi connectivity index (χ3v) is 5.75. The number of hydrogen-bond donors (Lipinski definition) is 3. The van der Waals surface area contributed by atoms with Crippen LogP contribution in [0.4, 0.5) is 5.69 Å². The van der Waals surface area contributed by atoms with E-state index in [2.05, 4.69) is 15.6 Å². The first kappa shape index (κ1) is 21.6. The van der Waals surface area contributed by atoms with Gasteiger partial charge in [-0.3, -0.25) is 25.2 Å². The molecule has 0 aliphatic carbocycles. The van der Waals surface area contributed by atoms with Gasteiger partial charge in [-0.05, 0) is 60.7 Å². The Morgan fingerprint density at radius 3 is 2.00 bits per heavy atom. The second-order valence-electron chi connectivity index (χ2n) is 6.06. The first-order valence-corrected chi connectivity index (χ1v) is 10.7. The van der Waals surface area contributed by atoms with E-state index in [1.807, 2.05) is 0 Å². The van der Waals surface area contributed by atoms with Gasteiger partial charge in [0.2, 0.25) is 0 Å². The summed E-state index contributed by atoms with van der Waals surface area (Å²) in [6.07, 6.45) is 0. The van der Waals surface area contributed by atoms with Crippen molar-refractivity contribution >= 4 is 50.7 Å². The highest BCUT2D eigenvalue weighted by molar-refractivity contribution is 7.92. The van der Waals surface area contributed by atoms with Gasteiger partial charge in [-0.1, -0.05) is 35.3 Å². The van der Waals surface area contributed by atoms with E-state index in [1.165, 1.54) is 42.5 Å². The van der Waals surface area contributed by atoms with E-state index in [-0.39, 0.29) is 16.1 Å². The van der Waals surface area contributed by atoms with E-state index in [9.17, 15) is 18.0 Å². The molecule has 0 saturated heterocycles. The normalized spacial score (nSPS) is 10.9. The zero-order valence-corrected chi connectivity index (χ0v) is 17.6. The van der Waals surface area contributed by atoms with Crippen LogP contribution < -0.4 is 15.6 Å². The standard InChI is InChI=1S/C20H15Cl2N3O4S/c21-15-9-7-13(8-10-15)19(26)23-24-20(27)14-3-1-6-18(11-14)30(28,29)25-17-5-2-4-16(22)12-17/h1-12,25H,(H,23,26)(H,24,27). The summed E-state index contributed by atoms with van der Waals surface area (Å²) in [5.74, 6) is -1.23. The fraction of sp³-hybridized carbons (Fsp3) is 0. The van der Waals surface area contributed by atoms with Gasteiger partial charge in [-0.25, -0.2) is 8.42 Å². The van der Waals surface area contributed by atoms with E-state index < -0.39 is 21.8 Å². The van der Waals surface area contributed by atoms with E-state index >= 15 is 0 Å². The van der Waals surface area contributed by atoms with Crippen molar-refractivity contribution < 1.29 is 18.0 Å². The summed E-state index contributed by atoms with van der Waals surface area (Å²) in [7, 11) is -3.95. The van der Waals surface area contributed by atoms with Crippen LogP contribution in [0, 0.1) is 0 Å². The van der Waals surface area contributed by atoms with Crippen LogP contribution in [-0.4, -0.2) is 20.2 Å². The lowest BCUT2D eigenvalue weighted by Gasteiger charge is -2.11. The highest BCUT2D eigenvalue weighted by Gasteiger charge is 2.17. The van der Waals surface area contributed by atoms with Crippen LogP contribution in [0.25, 0.3) is 0 Å². The molecule has 3 aromatic rings. The predicted molar refractivity (Wildman–Crippen MR) is 115 cm³/mol. The summed E-state index contributed by atoms with van der Waals surface area (Å²) >= 11 is 11.6. The highest BCUT2D eigenvalue weighted by Crippen LogP contribution is 2.20. The van der Waals surface area contributed by atoms with Gasteiger partial charge in [0.25, 0.3) is 21.8 Å². The third kappa shape index (κ3) is 5.50. The zero-order chi connectivity index (χ0) is 21.7. The Balaban J connectivity index is 1.70. The smallest absolute Gasteiger partial charge is 0.269 e. The highest BCUT2D eigenvalue weighted by atomic mass is 35.5. The molecule has 0 radical (unpaired) electrons. The number of halogens is 2. The number of rotatable bonds is 5. The number of hydrogen-bond acceptors (Lipinski definition) is 4. The van der Waals surface area contributed by atoms with Crippen LogP contribution >= 0.6 is 23.2 Å². The number of carbonyl (C=O) groups is 2. The van der Waals surface area contributed by atoms with Crippen molar-refractivity contribution in [2.24, 2.45) is 0 Å². The van der Waals surface area contributed by atoms with Crippen LogP contribution in [0.3, 0.4) is 0 Å². The molecule has 7 nitrogen and oxygen atoms in total. The summed E-state index contributed by atoms with van der Waals surface area (Å²) in [6.45, 7) is 0. The minimum Gasteiger partial charge on any atom is -0.280 e. The lowest BCUT2D eigenvalue weighted by atomic mass is 10.2. The van der Waals surface area contributed by atoms with E-state index in [1.54, 1.807) is 30.3 Å². The maximum absolute atomic E-state index is 12.6. The molecule has 0 saturated carbocycles. The Hall–Kier alpha value is -3.07. The van der Waals surface area contributed by atoms with Gasteiger partial charge in [-0.2, -0.15) is 0 Å². The quantitative estimate of drug-likeness (QED) is 0.499. The average molecular weight is 464 g/mol. The van der Waals surface area contributed by atoms with Crippen molar-refractivity contribution in [1.82, 2.24) is 10.9 Å². The van der Waals surface area contributed by atoms with Crippen LogP contribution in [0.15, 0.2) is 77.7 Å². The molecule has 10 heteroatoms. The van der Waals surface area contributed by atoms with Gasteiger partial charge in [0, 0.05) is 21.2 Å². The van der Waals surface area contributed by atoms with Crippen molar-refractivity contribution in [3.8, 4) is 0 Å². The molecule has 0 aliphatic rings. The number of amides is 2. The first-order chi connectivity index (χ1) is 14.2. The number of benzene rings is 3. The second kappa shape index (κ2) is 9.17. The summed E-state index contributed by atoms with van der Waals surface area (Å²) in [5.41, 5.74) is 5.12. The Labute approximate surface area is 183 Å². The molecule has 3 N–H and O–H groups in total. The maximum atomic E-state index is 12.6. The Bertz CT molecular complexity index is 1200. The molecule has 0 atom stereocenters. The summed E-state index contributed by atoms with van der Waals surface area (Å²) in [4.78, 5) is 24.3. The number of anilines is 1. The van der Waals surface area contributed by atoms with Crippen LogP contribution in [0.5, 0.6) is 0 Å². The van der Waals surface area contributed by atoms with Gasteiger partial charge < -0.3 is 0 Å². The molecular weight excluding hydrogens is 449 g/mol. The third-order valence-electron chi connectivity index (χ3n) is 3.88. The van der Waals surface area contributed by atoms with Crippen molar-refractivity contribution in [3.05, 3.63) is 94.0 Å². The van der Waals surface area contributed by atoms with Gasteiger partial charge in [0.05, 0.1) is 10.6 Å². The van der Waals surface area contributed by atoms with Gasteiger partial charge in [0.15, 0.2) is 0 Å². The molecule has 3 aromatic carbocycles. The number of hydrazine groups is 1. The first-order valence-electron chi connectivity index (χ1n) is 8.49. The molecule has 0 fully saturated rings. The number of nitrogens with one attached hydrogen (secondary N) is 3. The molecule has 0 bridgehead atoms. The molecule has 30 heavy (non-hydrogen) atoms. The average Bonchev–Trinajstić information content (AvgIpc) is 2.72. The molecule has 0 heterocycles. The number of carbonyl (C=O) groups excluding carboxylic acids is 2. The zero-order valence-electron chi connectivity index (χ0n) is 15.2. The number of sulfonamides is 1. The SMILES string of the molecule is O=C(NNC(=O)c1cccc(S(=O)(=O)Nc2cccc(Cl)c2)c1)c1ccc(Cl)cc1. The molecule has 2 amide bonds. The molecular formula is C20H15Cl2N3O4S. The molecule has 0 unspecified atom stereocenters. The van der Waals surface area contributed by atoms with Gasteiger partial charge >= 0.3 is 0 Å². The summed E-state index contributed by atoms with van der Waals surface area (Å²) < 4.78 is 27.6. The molecule has 3 rings (SSSR count). The molecule has 154 valence electrons. The summed E-state index contributed by atoms with van der Waals surface area (Å²) in [6, 6.07) is 17.7. The predicted octanol–water partition coefficient (Wildman–Crippen LogP) is 3.87. The summed E-state index contributed by atoms with van der Waals surface area (Å²) in [5, 5.41) is 0.847. The lowest BCUT2D eigenvalue weighted by molar-refractivity contribution is 0.0846. The lowest BCUT2D eigenvalue weighted by Crippen LogP contribution is -2.41. The Morgan fingerprint density at radius 1 is 0.700 bits per heavy atom. The van der Waals surface area contributed by atoms with Crippen molar-refractivity contribution in [2.45, 2.75) is 4.90 Å². The van der Waals surface area contributed by atoms with Crippen molar-refractivity contribution in [1.29, 1.82) is 0 Å². The van der Waals surface area contributed by atoms with Gasteiger partial charge in [-0.15, -0.1) is 0 Å². The van der Waals surface area contributed by atoms with Crippen LogP contribution in [0.2, 0.25) is 10.0 Å². The molecule has 0 aliphatic heterocycles. The topological polar surface area (TPSA) is 104 Å². The van der Waals surface area contributed by atoms with Crippen LogP contribution in [0.1, 0.15) is 20.7 Å². The molecule has 0 spiro atoms. The fourth-order valence-electron chi connectivity index (χ4n) is 2.43. The van der Waals surface area contributed by atoms with E-state index in [0.29, 0.717) is 15.6 Å². The second-order valence-corrected chi connectivity index (χ2v) is 8.61. The molecule has 0 aromatic heterocycles. The fourth-order valence-corrected chi connectivity index (χ4v) is 3.84. The van der Waals surface area contributed by atoms with Crippen molar-refractivity contribution in [2.75, 3.05) is 4.72 Å². The Kier molecular flexibility index (Phi) is 6.61.